The Morgan fingerprint density at radius 3 is 2.61 bits per heavy atom. The summed E-state index contributed by atoms with van der Waals surface area (Å²) >= 11 is 3.40. The van der Waals surface area contributed by atoms with Crippen molar-refractivity contribution in [1.82, 2.24) is 0 Å². The second-order valence-corrected chi connectivity index (χ2v) is 5.50. The van der Waals surface area contributed by atoms with Gasteiger partial charge in [0.15, 0.2) is 0 Å². The molecule has 0 bridgehead atoms. The van der Waals surface area contributed by atoms with Gasteiger partial charge in [-0.05, 0) is 48.9 Å². The molecule has 2 aromatic carbocycles. The second kappa shape index (κ2) is 7.56. The molecule has 23 heavy (non-hydrogen) atoms. The predicted molar refractivity (Wildman–Crippen MR) is 91.9 cm³/mol. The molecule has 0 aliphatic heterocycles. The number of nitro groups is 1. The van der Waals surface area contributed by atoms with Crippen LogP contribution in [-0.4, -0.2) is 11.5 Å². The van der Waals surface area contributed by atoms with Crippen molar-refractivity contribution in [3.63, 3.8) is 0 Å². The van der Waals surface area contributed by atoms with Crippen molar-refractivity contribution in [1.29, 1.82) is 5.26 Å². The van der Waals surface area contributed by atoms with E-state index in [4.69, 9.17) is 4.74 Å². The van der Waals surface area contributed by atoms with Crippen molar-refractivity contribution in [3.8, 4) is 11.8 Å². The molecular formula is C17H13BrN2O3. The zero-order valence-electron chi connectivity index (χ0n) is 12.3. The van der Waals surface area contributed by atoms with Gasteiger partial charge in [-0.1, -0.05) is 15.9 Å². The topological polar surface area (TPSA) is 76.2 Å². The molecule has 0 heterocycles. The summed E-state index contributed by atoms with van der Waals surface area (Å²) in [6.45, 7) is 2.40. The molecule has 2 rings (SSSR count). The smallest absolute Gasteiger partial charge is 0.269 e. The molecule has 0 aromatic heterocycles. The number of halogens is 1. The third-order valence-electron chi connectivity index (χ3n) is 3.08. The van der Waals surface area contributed by atoms with E-state index in [0.29, 0.717) is 23.5 Å². The fourth-order valence-corrected chi connectivity index (χ4v) is 2.40. The molecule has 0 unspecified atom stereocenters. The summed E-state index contributed by atoms with van der Waals surface area (Å²) in [5, 5.41) is 20.1. The summed E-state index contributed by atoms with van der Waals surface area (Å²) in [5.41, 5.74) is 1.76. The molecule has 0 saturated heterocycles. The quantitative estimate of drug-likeness (QED) is 0.326. The normalized spacial score (nSPS) is 10.9. The van der Waals surface area contributed by atoms with Crippen LogP contribution in [0, 0.1) is 21.4 Å². The van der Waals surface area contributed by atoms with E-state index in [2.05, 4.69) is 22.0 Å². The molecular weight excluding hydrogens is 360 g/mol. The van der Waals surface area contributed by atoms with Gasteiger partial charge >= 0.3 is 0 Å². The minimum Gasteiger partial charge on any atom is -0.493 e. The zero-order chi connectivity index (χ0) is 16.8. The van der Waals surface area contributed by atoms with Crippen molar-refractivity contribution >= 4 is 33.3 Å². The molecule has 0 aliphatic rings. The number of benzene rings is 2. The highest BCUT2D eigenvalue weighted by atomic mass is 79.9. The molecule has 0 saturated carbocycles. The molecule has 6 heteroatoms. The summed E-state index contributed by atoms with van der Waals surface area (Å²) in [6.07, 6.45) is 1.71. The van der Waals surface area contributed by atoms with Crippen LogP contribution < -0.4 is 4.74 Å². The molecule has 0 N–H and O–H groups in total. The van der Waals surface area contributed by atoms with Crippen molar-refractivity contribution in [3.05, 3.63) is 68.2 Å². The average Bonchev–Trinajstić information content (AvgIpc) is 2.55. The van der Waals surface area contributed by atoms with E-state index in [1.165, 1.54) is 12.1 Å². The number of allylic oxidation sites excluding steroid dienone is 1. The molecule has 0 atom stereocenters. The Kier molecular flexibility index (Phi) is 5.50. The standard InChI is InChI=1S/C17H13BrN2O3/c1-2-23-17-8-5-15(18)10-13(17)9-14(11-19)12-3-6-16(7-4-12)20(21)22/h3-10H,2H2,1H3/b14-9-. The average molecular weight is 373 g/mol. The third-order valence-corrected chi connectivity index (χ3v) is 3.57. The fourth-order valence-electron chi connectivity index (χ4n) is 2.02. The Morgan fingerprint density at radius 1 is 1.35 bits per heavy atom. The van der Waals surface area contributed by atoms with Gasteiger partial charge in [0.25, 0.3) is 5.69 Å². The number of nitro benzene ring substituents is 1. The Labute approximate surface area is 142 Å². The summed E-state index contributed by atoms with van der Waals surface area (Å²) in [7, 11) is 0. The lowest BCUT2D eigenvalue weighted by Crippen LogP contribution is -1.94. The lowest BCUT2D eigenvalue weighted by atomic mass is 10.0. The summed E-state index contributed by atoms with van der Waals surface area (Å²) in [6, 6.07) is 13.5. The first-order valence-electron chi connectivity index (χ1n) is 6.84. The maximum atomic E-state index is 10.7. The number of ether oxygens (including phenoxy) is 1. The number of nitriles is 1. The van der Waals surface area contributed by atoms with E-state index < -0.39 is 4.92 Å². The van der Waals surface area contributed by atoms with Gasteiger partial charge in [0.2, 0.25) is 0 Å². The number of rotatable bonds is 5. The van der Waals surface area contributed by atoms with Crippen molar-refractivity contribution in [2.24, 2.45) is 0 Å². The first kappa shape index (κ1) is 16.7. The fraction of sp³-hybridized carbons (Fsp3) is 0.118. The predicted octanol–water partition coefficient (Wildman–Crippen LogP) is 4.82. The molecule has 0 amide bonds. The van der Waals surface area contributed by atoms with Crippen molar-refractivity contribution in [2.75, 3.05) is 6.61 Å². The van der Waals surface area contributed by atoms with Crippen LogP contribution in [0.2, 0.25) is 0 Å². The van der Waals surface area contributed by atoms with E-state index in [1.807, 2.05) is 25.1 Å². The van der Waals surface area contributed by atoms with Crippen molar-refractivity contribution in [2.45, 2.75) is 6.92 Å². The van der Waals surface area contributed by atoms with Crippen LogP contribution in [-0.2, 0) is 0 Å². The van der Waals surface area contributed by atoms with Crippen LogP contribution in [0.3, 0.4) is 0 Å². The molecule has 116 valence electrons. The highest BCUT2D eigenvalue weighted by Gasteiger charge is 2.09. The van der Waals surface area contributed by atoms with Crippen LogP contribution in [0.4, 0.5) is 5.69 Å². The Morgan fingerprint density at radius 2 is 2.04 bits per heavy atom. The number of nitrogens with zero attached hydrogens (tertiary/aromatic N) is 2. The van der Waals surface area contributed by atoms with Gasteiger partial charge < -0.3 is 4.74 Å². The number of hydrogen-bond acceptors (Lipinski definition) is 4. The van der Waals surface area contributed by atoms with Crippen LogP contribution in [0.5, 0.6) is 5.75 Å². The minimum absolute atomic E-state index is 0.0106. The van der Waals surface area contributed by atoms with Gasteiger partial charge in [-0.15, -0.1) is 0 Å². The monoisotopic (exact) mass is 372 g/mol. The molecule has 2 aromatic rings. The maximum absolute atomic E-state index is 10.7. The van der Waals surface area contributed by atoms with Gasteiger partial charge in [0.05, 0.1) is 23.2 Å². The van der Waals surface area contributed by atoms with Gasteiger partial charge in [-0.3, -0.25) is 10.1 Å². The third kappa shape index (κ3) is 4.18. The van der Waals surface area contributed by atoms with Gasteiger partial charge in [-0.2, -0.15) is 5.26 Å². The van der Waals surface area contributed by atoms with Crippen LogP contribution >= 0.6 is 15.9 Å². The van der Waals surface area contributed by atoms with Gasteiger partial charge in [0, 0.05) is 22.2 Å². The minimum atomic E-state index is -0.471. The van der Waals surface area contributed by atoms with E-state index in [0.717, 1.165) is 10.0 Å². The van der Waals surface area contributed by atoms with Gasteiger partial charge in [0.1, 0.15) is 5.75 Å². The van der Waals surface area contributed by atoms with E-state index >= 15 is 0 Å². The Balaban J connectivity index is 2.45. The van der Waals surface area contributed by atoms with Gasteiger partial charge in [-0.25, -0.2) is 0 Å². The molecule has 5 nitrogen and oxygen atoms in total. The van der Waals surface area contributed by atoms with E-state index in [9.17, 15) is 15.4 Å². The van der Waals surface area contributed by atoms with Crippen molar-refractivity contribution < 1.29 is 9.66 Å². The first-order chi connectivity index (χ1) is 11.0. The number of non-ortho nitro benzene ring substituents is 1. The molecule has 0 fully saturated rings. The summed E-state index contributed by atoms with van der Waals surface area (Å²) in [4.78, 5) is 10.2. The zero-order valence-corrected chi connectivity index (χ0v) is 13.9. The molecule has 0 aliphatic carbocycles. The van der Waals surface area contributed by atoms with Crippen LogP contribution in [0.15, 0.2) is 46.9 Å². The lowest BCUT2D eigenvalue weighted by Gasteiger charge is -2.08. The lowest BCUT2D eigenvalue weighted by molar-refractivity contribution is -0.384. The number of hydrogen-bond donors (Lipinski definition) is 0. The van der Waals surface area contributed by atoms with Crippen LogP contribution in [0.1, 0.15) is 18.1 Å². The van der Waals surface area contributed by atoms with Crippen LogP contribution in [0.25, 0.3) is 11.6 Å². The highest BCUT2D eigenvalue weighted by molar-refractivity contribution is 9.10. The molecule has 0 spiro atoms. The second-order valence-electron chi connectivity index (χ2n) is 4.59. The summed E-state index contributed by atoms with van der Waals surface area (Å²) in [5.74, 6) is 0.672. The Bertz CT molecular complexity index is 792. The largest absolute Gasteiger partial charge is 0.493 e. The maximum Gasteiger partial charge on any atom is 0.269 e. The molecule has 0 radical (unpaired) electrons. The summed E-state index contributed by atoms with van der Waals surface area (Å²) < 4.78 is 6.43. The van der Waals surface area contributed by atoms with E-state index in [1.54, 1.807) is 18.2 Å². The van der Waals surface area contributed by atoms with E-state index in [-0.39, 0.29) is 5.69 Å². The highest BCUT2D eigenvalue weighted by Crippen LogP contribution is 2.28. The first-order valence-corrected chi connectivity index (χ1v) is 7.63. The Hall–Kier alpha value is -2.65. The SMILES string of the molecule is CCOc1ccc(Br)cc1/C=C(/C#N)c1ccc([N+](=O)[O-])cc1.